The number of hydrogen-bond acceptors (Lipinski definition) is 1. The SMILES string of the molecule is C/C=C\C(=C/C)CN(Cc1ccc2ccccc2c1)C(N)=NC. The van der Waals surface area contributed by atoms with Crippen LogP contribution in [0.4, 0.5) is 0 Å². The molecule has 0 spiro atoms. The molecular weight excluding hydrogens is 282 g/mol. The van der Waals surface area contributed by atoms with Crippen molar-refractivity contribution in [3.05, 3.63) is 71.8 Å². The van der Waals surface area contributed by atoms with E-state index in [9.17, 15) is 0 Å². The van der Waals surface area contributed by atoms with E-state index in [0.29, 0.717) is 5.96 Å². The number of nitrogens with zero attached hydrogens (tertiary/aromatic N) is 2. The third-order valence-electron chi connectivity index (χ3n) is 3.87. The third kappa shape index (κ3) is 4.46. The Bertz CT molecular complexity index is 741. The standard InChI is InChI=1S/C20H25N3/c1-4-8-16(5-2)14-23(20(21)22-3)15-17-11-12-18-9-6-7-10-19(18)13-17/h4-13H,14-15H2,1-3H3,(H2,21,22)/b8-4-,16-5+. The summed E-state index contributed by atoms with van der Waals surface area (Å²) in [6.07, 6.45) is 6.26. The molecular formula is C20H25N3. The van der Waals surface area contributed by atoms with Gasteiger partial charge in [-0.2, -0.15) is 0 Å². The first-order valence-electron chi connectivity index (χ1n) is 7.90. The molecule has 2 rings (SSSR count). The maximum absolute atomic E-state index is 6.10. The van der Waals surface area contributed by atoms with Crippen LogP contribution in [0, 0.1) is 0 Å². The minimum absolute atomic E-state index is 0.557. The molecule has 0 amide bonds. The Balaban J connectivity index is 2.25. The zero-order chi connectivity index (χ0) is 16.7. The Morgan fingerprint density at radius 3 is 2.52 bits per heavy atom. The van der Waals surface area contributed by atoms with Crippen LogP contribution in [-0.4, -0.2) is 24.5 Å². The summed E-state index contributed by atoms with van der Waals surface area (Å²) in [4.78, 5) is 6.26. The molecule has 2 N–H and O–H groups in total. The van der Waals surface area contributed by atoms with Crippen molar-refractivity contribution >= 4 is 16.7 Å². The first kappa shape index (κ1) is 16.8. The van der Waals surface area contributed by atoms with E-state index < -0.39 is 0 Å². The highest BCUT2D eigenvalue weighted by Gasteiger charge is 2.10. The maximum atomic E-state index is 6.10. The number of fused-ring (bicyclic) bond motifs is 1. The molecule has 0 bridgehead atoms. The Morgan fingerprint density at radius 1 is 1.13 bits per heavy atom. The first-order valence-corrected chi connectivity index (χ1v) is 7.90. The smallest absolute Gasteiger partial charge is 0.191 e. The lowest BCUT2D eigenvalue weighted by atomic mass is 10.1. The molecule has 0 aliphatic rings. The molecule has 2 aromatic rings. The van der Waals surface area contributed by atoms with E-state index in [-0.39, 0.29) is 0 Å². The van der Waals surface area contributed by atoms with E-state index >= 15 is 0 Å². The highest BCUT2D eigenvalue weighted by Crippen LogP contribution is 2.17. The van der Waals surface area contributed by atoms with Crippen molar-refractivity contribution in [1.82, 2.24) is 4.90 Å². The molecule has 0 radical (unpaired) electrons. The number of guanidine groups is 1. The average molecular weight is 307 g/mol. The fraction of sp³-hybridized carbons (Fsp3) is 0.250. The van der Waals surface area contributed by atoms with E-state index in [2.05, 4.69) is 64.5 Å². The van der Waals surface area contributed by atoms with Crippen LogP contribution in [-0.2, 0) is 6.54 Å². The van der Waals surface area contributed by atoms with Crippen molar-refractivity contribution in [3.63, 3.8) is 0 Å². The number of allylic oxidation sites excluding steroid dienone is 2. The summed E-state index contributed by atoms with van der Waals surface area (Å²) in [7, 11) is 1.73. The zero-order valence-electron chi connectivity index (χ0n) is 14.2. The average Bonchev–Trinajstić information content (AvgIpc) is 2.59. The van der Waals surface area contributed by atoms with Gasteiger partial charge in [0.1, 0.15) is 0 Å². The van der Waals surface area contributed by atoms with Crippen molar-refractivity contribution < 1.29 is 0 Å². The van der Waals surface area contributed by atoms with Crippen LogP contribution in [0.5, 0.6) is 0 Å². The van der Waals surface area contributed by atoms with Gasteiger partial charge in [0.05, 0.1) is 0 Å². The molecule has 0 atom stereocenters. The summed E-state index contributed by atoms with van der Waals surface area (Å²) < 4.78 is 0. The number of nitrogens with two attached hydrogens (primary N) is 1. The van der Waals surface area contributed by atoms with Crippen molar-refractivity contribution in [3.8, 4) is 0 Å². The van der Waals surface area contributed by atoms with Crippen molar-refractivity contribution in [1.29, 1.82) is 0 Å². The highest BCUT2D eigenvalue weighted by atomic mass is 15.2. The molecule has 23 heavy (non-hydrogen) atoms. The number of hydrogen-bond donors (Lipinski definition) is 1. The largest absolute Gasteiger partial charge is 0.370 e. The van der Waals surface area contributed by atoms with E-state index in [1.165, 1.54) is 21.9 Å². The van der Waals surface area contributed by atoms with Gasteiger partial charge in [0, 0.05) is 20.1 Å². The third-order valence-corrected chi connectivity index (χ3v) is 3.87. The van der Waals surface area contributed by atoms with Crippen LogP contribution in [0.15, 0.2) is 71.3 Å². The van der Waals surface area contributed by atoms with E-state index in [1.807, 2.05) is 19.9 Å². The summed E-state index contributed by atoms with van der Waals surface area (Å²) in [5.74, 6) is 0.557. The molecule has 0 aliphatic heterocycles. The molecule has 3 nitrogen and oxygen atoms in total. The fourth-order valence-electron chi connectivity index (χ4n) is 2.59. The molecule has 0 saturated heterocycles. The van der Waals surface area contributed by atoms with Crippen LogP contribution >= 0.6 is 0 Å². The minimum atomic E-state index is 0.557. The molecule has 2 aromatic carbocycles. The summed E-state index contributed by atoms with van der Waals surface area (Å²) in [6.45, 7) is 5.55. The van der Waals surface area contributed by atoms with Crippen LogP contribution in [0.2, 0.25) is 0 Å². The van der Waals surface area contributed by atoms with Gasteiger partial charge in [-0.25, -0.2) is 0 Å². The number of aliphatic imine (C=N–C) groups is 1. The number of rotatable bonds is 5. The van der Waals surface area contributed by atoms with Gasteiger partial charge in [-0.1, -0.05) is 54.6 Å². The van der Waals surface area contributed by atoms with Gasteiger partial charge in [0.25, 0.3) is 0 Å². The first-order chi connectivity index (χ1) is 11.2. The lowest BCUT2D eigenvalue weighted by molar-refractivity contribution is 0.443. The van der Waals surface area contributed by atoms with E-state index in [1.54, 1.807) is 7.05 Å². The summed E-state index contributed by atoms with van der Waals surface area (Å²) in [5, 5.41) is 2.50. The van der Waals surface area contributed by atoms with Gasteiger partial charge >= 0.3 is 0 Å². The Labute approximate surface area is 138 Å². The molecule has 3 heteroatoms. The predicted molar refractivity (Wildman–Crippen MR) is 100 cm³/mol. The van der Waals surface area contributed by atoms with Crippen LogP contribution < -0.4 is 5.73 Å². The van der Waals surface area contributed by atoms with Crippen LogP contribution in [0.25, 0.3) is 10.8 Å². The second-order valence-corrected chi connectivity index (χ2v) is 5.48. The fourth-order valence-corrected chi connectivity index (χ4v) is 2.59. The second kappa shape index (κ2) is 8.18. The van der Waals surface area contributed by atoms with Gasteiger partial charge in [0.15, 0.2) is 5.96 Å². The topological polar surface area (TPSA) is 41.6 Å². The molecule has 0 heterocycles. The molecule has 0 unspecified atom stereocenters. The summed E-state index contributed by atoms with van der Waals surface area (Å²) >= 11 is 0. The quantitative estimate of drug-likeness (QED) is 0.513. The Morgan fingerprint density at radius 2 is 1.87 bits per heavy atom. The van der Waals surface area contributed by atoms with Gasteiger partial charge in [-0.15, -0.1) is 0 Å². The lowest BCUT2D eigenvalue weighted by Gasteiger charge is -2.24. The maximum Gasteiger partial charge on any atom is 0.191 e. The van der Waals surface area contributed by atoms with Gasteiger partial charge in [-0.05, 0) is 41.8 Å². The van der Waals surface area contributed by atoms with E-state index in [0.717, 1.165) is 13.1 Å². The van der Waals surface area contributed by atoms with Gasteiger partial charge < -0.3 is 10.6 Å². The predicted octanol–water partition coefficient (Wildman–Crippen LogP) is 4.11. The number of benzene rings is 2. The Kier molecular flexibility index (Phi) is 5.98. The minimum Gasteiger partial charge on any atom is -0.370 e. The van der Waals surface area contributed by atoms with Gasteiger partial charge in [0.2, 0.25) is 0 Å². The summed E-state index contributed by atoms with van der Waals surface area (Å²) in [5.41, 5.74) is 8.55. The monoisotopic (exact) mass is 307 g/mol. The van der Waals surface area contributed by atoms with Crippen LogP contribution in [0.1, 0.15) is 19.4 Å². The molecule has 0 aromatic heterocycles. The van der Waals surface area contributed by atoms with Crippen LogP contribution in [0.3, 0.4) is 0 Å². The molecule has 0 saturated carbocycles. The molecule has 0 aliphatic carbocycles. The lowest BCUT2D eigenvalue weighted by Crippen LogP contribution is -2.38. The Hall–Kier alpha value is -2.55. The van der Waals surface area contributed by atoms with Crippen molar-refractivity contribution in [2.75, 3.05) is 13.6 Å². The van der Waals surface area contributed by atoms with Crippen molar-refractivity contribution in [2.24, 2.45) is 10.7 Å². The molecule has 120 valence electrons. The molecule has 0 fully saturated rings. The zero-order valence-corrected chi connectivity index (χ0v) is 14.2. The normalized spacial score (nSPS) is 13.0. The second-order valence-electron chi connectivity index (χ2n) is 5.48. The van der Waals surface area contributed by atoms with Crippen molar-refractivity contribution in [2.45, 2.75) is 20.4 Å². The van der Waals surface area contributed by atoms with Gasteiger partial charge in [-0.3, -0.25) is 4.99 Å². The van der Waals surface area contributed by atoms with E-state index in [4.69, 9.17) is 5.73 Å². The highest BCUT2D eigenvalue weighted by molar-refractivity contribution is 5.83. The summed E-state index contributed by atoms with van der Waals surface area (Å²) in [6, 6.07) is 14.9.